The molecule has 0 aliphatic rings. The van der Waals surface area contributed by atoms with Crippen molar-refractivity contribution >= 4 is 23.3 Å². The number of H-pyrrole nitrogens is 2. The quantitative estimate of drug-likeness (QED) is 0.343. The minimum absolute atomic E-state index is 0. The van der Waals surface area contributed by atoms with Crippen LogP contribution in [-0.4, -0.2) is 55.0 Å². The number of esters is 1. The van der Waals surface area contributed by atoms with Crippen molar-refractivity contribution in [1.82, 2.24) is 19.9 Å². The zero-order chi connectivity index (χ0) is 20.7. The van der Waals surface area contributed by atoms with Crippen LogP contribution in [0, 0.1) is 0 Å². The van der Waals surface area contributed by atoms with Crippen LogP contribution in [0.25, 0.3) is 0 Å². The molecular formula is C20H31AlLiN4O3. The van der Waals surface area contributed by atoms with E-state index < -0.39 is 5.97 Å². The average molecular weight is 409 g/mol. The number of rotatable bonds is 7. The van der Waals surface area contributed by atoms with Gasteiger partial charge in [0.15, 0.2) is 5.69 Å². The number of aliphatic hydroxyl groups excluding tert-OH is 1. The van der Waals surface area contributed by atoms with Crippen molar-refractivity contribution in [3.63, 3.8) is 0 Å². The molecule has 3 N–H and O–H groups in total. The van der Waals surface area contributed by atoms with E-state index in [2.05, 4.69) is 33.1 Å². The molecule has 2 aromatic heterocycles. The molecule has 153 valence electrons. The van der Waals surface area contributed by atoms with Crippen molar-refractivity contribution in [3.8, 4) is 0 Å². The summed E-state index contributed by atoms with van der Waals surface area (Å²) in [7, 11) is 0. The molecule has 0 aromatic carbocycles. The molecule has 3 radical (unpaired) electrons. The average Bonchev–Trinajstić information content (AvgIpc) is 3.32. The van der Waals surface area contributed by atoms with Crippen LogP contribution in [-0.2, 0) is 22.2 Å². The first-order valence-corrected chi connectivity index (χ1v) is 8.76. The predicted octanol–water partition coefficient (Wildman–Crippen LogP) is 0.151. The molecular weight excluding hydrogens is 378 g/mol. The van der Waals surface area contributed by atoms with Gasteiger partial charge in [0.25, 0.3) is 0 Å². The summed E-state index contributed by atoms with van der Waals surface area (Å²) >= 11 is 0. The largest absolute Gasteiger partial charge is 1.00 e. The molecule has 0 fully saturated rings. The number of imidazole rings is 2. The van der Waals surface area contributed by atoms with E-state index in [1.165, 1.54) is 6.33 Å². The van der Waals surface area contributed by atoms with E-state index in [4.69, 9.17) is 9.84 Å². The van der Waals surface area contributed by atoms with Gasteiger partial charge in [0, 0.05) is 28.2 Å². The Labute approximate surface area is 197 Å². The minimum atomic E-state index is -0.399. The minimum Gasteiger partial charge on any atom is -1.00 e. The second-order valence-electron chi connectivity index (χ2n) is 7.09. The number of nitrogens with zero attached hydrogens (tertiary/aromatic N) is 2. The maximum Gasteiger partial charge on any atom is 1.00 e. The van der Waals surface area contributed by atoms with E-state index >= 15 is 0 Å². The molecule has 2 rings (SSSR count). The summed E-state index contributed by atoms with van der Waals surface area (Å²) in [4.78, 5) is 25.5. The van der Waals surface area contributed by atoms with Crippen molar-refractivity contribution in [2.75, 3.05) is 6.61 Å². The third-order valence-electron chi connectivity index (χ3n) is 4.26. The van der Waals surface area contributed by atoms with Gasteiger partial charge in [-0.2, -0.15) is 0 Å². The molecule has 0 atom stereocenters. The molecule has 0 spiro atoms. The van der Waals surface area contributed by atoms with Gasteiger partial charge in [-0.3, -0.25) is 0 Å². The Morgan fingerprint density at radius 1 is 1.17 bits per heavy atom. The van der Waals surface area contributed by atoms with E-state index in [9.17, 15) is 4.79 Å². The zero-order valence-electron chi connectivity index (χ0n) is 19.4. The SMILES string of the molecule is C=CC(C)(C)c1[nH]cnc1C(=O)OCC.C=CC(C)(C)c1nc[nH]c1CO.[Al].[H-].[Li+]. The van der Waals surface area contributed by atoms with E-state index in [-0.39, 0.29) is 55.1 Å². The summed E-state index contributed by atoms with van der Waals surface area (Å²) in [5, 5.41) is 8.96. The van der Waals surface area contributed by atoms with Gasteiger partial charge in [-0.25, -0.2) is 14.8 Å². The van der Waals surface area contributed by atoms with Crippen LogP contribution in [0.1, 0.15) is 63.6 Å². The number of allylic oxidation sites excluding steroid dienone is 2. The van der Waals surface area contributed by atoms with Crippen LogP contribution in [0.5, 0.6) is 0 Å². The van der Waals surface area contributed by atoms with E-state index in [0.29, 0.717) is 12.3 Å². The molecule has 0 saturated carbocycles. The third-order valence-corrected chi connectivity index (χ3v) is 4.26. The van der Waals surface area contributed by atoms with E-state index in [0.717, 1.165) is 17.1 Å². The predicted molar refractivity (Wildman–Crippen MR) is 112 cm³/mol. The zero-order valence-corrected chi connectivity index (χ0v) is 19.5. The van der Waals surface area contributed by atoms with Crippen LogP contribution in [0.3, 0.4) is 0 Å². The van der Waals surface area contributed by atoms with Crippen LogP contribution < -0.4 is 18.9 Å². The summed E-state index contributed by atoms with van der Waals surface area (Å²) < 4.78 is 4.91. The number of hydrogen-bond acceptors (Lipinski definition) is 5. The second-order valence-corrected chi connectivity index (χ2v) is 7.09. The maximum absolute atomic E-state index is 11.6. The van der Waals surface area contributed by atoms with Crippen molar-refractivity contribution in [3.05, 3.63) is 60.7 Å². The van der Waals surface area contributed by atoms with E-state index in [1.54, 1.807) is 19.3 Å². The Bertz CT molecular complexity index is 791. The first-order chi connectivity index (χ1) is 12.6. The number of carbonyl (C=O) groups is 1. The van der Waals surface area contributed by atoms with Crippen LogP contribution in [0.4, 0.5) is 0 Å². The van der Waals surface area contributed by atoms with Crippen LogP contribution >= 0.6 is 0 Å². The number of aromatic amines is 2. The normalized spacial score (nSPS) is 10.6. The van der Waals surface area contributed by atoms with Crippen LogP contribution in [0.2, 0.25) is 0 Å². The Kier molecular flexibility index (Phi) is 13.2. The summed E-state index contributed by atoms with van der Waals surface area (Å²) in [6.07, 6.45) is 6.67. The fourth-order valence-corrected chi connectivity index (χ4v) is 2.34. The van der Waals surface area contributed by atoms with Crippen molar-refractivity contribution < 1.29 is 34.9 Å². The molecule has 0 unspecified atom stereocenters. The summed E-state index contributed by atoms with van der Waals surface area (Å²) in [5.41, 5.74) is 2.19. The summed E-state index contributed by atoms with van der Waals surface area (Å²) in [6, 6.07) is 0. The molecule has 2 aromatic rings. The first-order valence-electron chi connectivity index (χ1n) is 8.76. The Balaban J connectivity index is -0.000000450. The number of nitrogens with one attached hydrogen (secondary N) is 2. The molecule has 7 nitrogen and oxygen atoms in total. The Morgan fingerprint density at radius 2 is 1.72 bits per heavy atom. The third kappa shape index (κ3) is 7.66. The number of aromatic nitrogens is 4. The smallest absolute Gasteiger partial charge is 1.00 e. The van der Waals surface area contributed by atoms with Crippen molar-refractivity contribution in [1.29, 1.82) is 0 Å². The fourth-order valence-electron chi connectivity index (χ4n) is 2.34. The summed E-state index contributed by atoms with van der Waals surface area (Å²) in [6.45, 7) is 17.5. The molecule has 0 aliphatic heterocycles. The number of aliphatic hydroxyl groups is 1. The summed E-state index contributed by atoms with van der Waals surface area (Å²) in [5.74, 6) is -0.399. The number of ether oxygens (including phenoxy) is 1. The molecule has 29 heavy (non-hydrogen) atoms. The standard InChI is InChI=1S/C11H16N2O2.C9H14N2O.Al.Li.H/c1-5-11(3,4)9-8(12-7-13-9)10(14)15-6-2;1-4-9(2,3)8-7(5-12)10-6-11-8;;;/h5,7H,1,6H2,2-4H3,(H,12,13);4,6,12H,1,5H2,2-3H3,(H,10,11);;;/q;;;+1;-1. The van der Waals surface area contributed by atoms with Gasteiger partial charge in [0.1, 0.15) is 0 Å². The Hall–Kier alpha value is -1.54. The van der Waals surface area contributed by atoms with Gasteiger partial charge in [0.05, 0.1) is 43.0 Å². The second kappa shape index (κ2) is 12.9. The topological polar surface area (TPSA) is 104 Å². The molecule has 0 aliphatic carbocycles. The Morgan fingerprint density at radius 3 is 2.21 bits per heavy atom. The van der Waals surface area contributed by atoms with Crippen molar-refractivity contribution in [2.24, 2.45) is 0 Å². The van der Waals surface area contributed by atoms with Gasteiger partial charge in [-0.15, -0.1) is 13.2 Å². The monoisotopic (exact) mass is 409 g/mol. The maximum atomic E-state index is 11.6. The van der Waals surface area contributed by atoms with Crippen molar-refractivity contribution in [2.45, 2.75) is 52.1 Å². The molecule has 0 saturated heterocycles. The number of hydrogen-bond donors (Lipinski definition) is 3. The van der Waals surface area contributed by atoms with Gasteiger partial charge in [-0.1, -0.05) is 39.8 Å². The molecule has 9 heteroatoms. The first kappa shape index (κ1) is 29.7. The van der Waals surface area contributed by atoms with Gasteiger partial charge < -0.3 is 21.2 Å². The molecule has 0 bridgehead atoms. The molecule has 2 heterocycles. The number of carbonyl (C=O) groups excluding carboxylic acids is 1. The van der Waals surface area contributed by atoms with Gasteiger partial charge in [-0.05, 0) is 6.92 Å². The van der Waals surface area contributed by atoms with E-state index in [1.807, 2.05) is 33.8 Å². The molecule has 0 amide bonds. The van der Waals surface area contributed by atoms with Gasteiger partial charge in [0.2, 0.25) is 0 Å². The van der Waals surface area contributed by atoms with Gasteiger partial charge >= 0.3 is 24.8 Å². The fraction of sp³-hybridized carbons (Fsp3) is 0.450. The van der Waals surface area contributed by atoms with Crippen LogP contribution in [0.15, 0.2) is 38.0 Å².